The van der Waals surface area contributed by atoms with Gasteiger partial charge in [-0.05, 0) is 28.8 Å². The molecule has 2 rings (SSSR count). The monoisotopic (exact) mass is 317 g/mol. The zero-order valence-electron chi connectivity index (χ0n) is 12.4. The fourth-order valence-electron chi connectivity index (χ4n) is 2.15. The third-order valence-electron chi connectivity index (χ3n) is 3.29. The third kappa shape index (κ3) is 4.60. The zero-order valence-corrected chi connectivity index (χ0v) is 13.1. The van der Waals surface area contributed by atoms with Gasteiger partial charge in [0.15, 0.2) is 0 Å². The van der Waals surface area contributed by atoms with Gasteiger partial charge in [-0.25, -0.2) is 0 Å². The number of rotatable bonds is 8. The van der Waals surface area contributed by atoms with Crippen LogP contribution in [0.3, 0.4) is 0 Å². The number of aliphatic hydroxyl groups is 1. The van der Waals surface area contributed by atoms with Crippen molar-refractivity contribution in [3.05, 3.63) is 76.8 Å². The molecule has 4 heteroatoms. The first-order chi connectivity index (χ1) is 10.7. The maximum Gasteiger partial charge on any atom is 0.138 e. The summed E-state index contributed by atoms with van der Waals surface area (Å²) < 4.78 is 5.45. The molecule has 0 radical (unpaired) electrons. The molecule has 2 N–H and O–H groups in total. The van der Waals surface area contributed by atoms with Crippen molar-refractivity contribution in [2.24, 2.45) is 0 Å². The summed E-state index contributed by atoms with van der Waals surface area (Å²) in [6.45, 7) is 5.50. The second-order valence-corrected chi connectivity index (χ2v) is 5.30. The van der Waals surface area contributed by atoms with Crippen molar-refractivity contribution in [3.8, 4) is 5.75 Å². The smallest absolute Gasteiger partial charge is 0.138 e. The van der Waals surface area contributed by atoms with Crippen LogP contribution >= 0.6 is 11.6 Å². The summed E-state index contributed by atoms with van der Waals surface area (Å²) >= 11 is 6.19. The minimum atomic E-state index is 0.0546. The van der Waals surface area contributed by atoms with Gasteiger partial charge < -0.3 is 15.2 Å². The van der Waals surface area contributed by atoms with Crippen molar-refractivity contribution < 1.29 is 9.84 Å². The molecule has 22 heavy (non-hydrogen) atoms. The molecule has 0 atom stereocenters. The molecule has 0 aromatic heterocycles. The Morgan fingerprint density at radius 2 is 1.91 bits per heavy atom. The first kappa shape index (κ1) is 16.6. The van der Waals surface area contributed by atoms with Gasteiger partial charge in [-0.2, -0.15) is 0 Å². The van der Waals surface area contributed by atoms with E-state index >= 15 is 0 Å². The van der Waals surface area contributed by atoms with Crippen LogP contribution in [-0.4, -0.2) is 11.7 Å². The highest BCUT2D eigenvalue weighted by Crippen LogP contribution is 2.25. The molecule has 0 aliphatic carbocycles. The maximum atomic E-state index is 9.31. The van der Waals surface area contributed by atoms with Gasteiger partial charge in [0.2, 0.25) is 0 Å². The van der Waals surface area contributed by atoms with Crippen molar-refractivity contribution in [3.63, 3.8) is 0 Å². The van der Waals surface area contributed by atoms with Crippen LogP contribution in [0.5, 0.6) is 5.75 Å². The molecular formula is C18H20ClNO2. The number of ether oxygens (including phenoxy) is 1. The molecule has 0 spiro atoms. The SMILES string of the molecule is C=CCOc1ccc(CNCc2ccccc2CO)cc1Cl. The van der Waals surface area contributed by atoms with Crippen molar-refractivity contribution >= 4 is 11.6 Å². The molecular weight excluding hydrogens is 298 g/mol. The van der Waals surface area contributed by atoms with E-state index in [-0.39, 0.29) is 6.61 Å². The van der Waals surface area contributed by atoms with Crippen LogP contribution in [0.15, 0.2) is 55.1 Å². The Bertz CT molecular complexity index is 628. The van der Waals surface area contributed by atoms with E-state index in [1.165, 1.54) is 0 Å². The molecule has 0 aliphatic rings. The van der Waals surface area contributed by atoms with Crippen molar-refractivity contribution in [1.29, 1.82) is 0 Å². The molecule has 0 saturated heterocycles. The molecule has 0 aliphatic heterocycles. The zero-order chi connectivity index (χ0) is 15.8. The Kier molecular flexibility index (Phi) is 6.46. The number of hydrogen-bond donors (Lipinski definition) is 2. The van der Waals surface area contributed by atoms with Gasteiger partial charge in [-0.1, -0.05) is 54.6 Å². The summed E-state index contributed by atoms with van der Waals surface area (Å²) in [5, 5.41) is 13.3. The molecule has 0 saturated carbocycles. The van der Waals surface area contributed by atoms with E-state index in [0.29, 0.717) is 30.5 Å². The first-order valence-corrected chi connectivity index (χ1v) is 7.53. The Morgan fingerprint density at radius 1 is 1.14 bits per heavy atom. The number of nitrogens with one attached hydrogen (secondary N) is 1. The Morgan fingerprint density at radius 3 is 2.59 bits per heavy atom. The van der Waals surface area contributed by atoms with Gasteiger partial charge in [-0.3, -0.25) is 0 Å². The fraction of sp³-hybridized carbons (Fsp3) is 0.222. The predicted octanol–water partition coefficient (Wildman–Crippen LogP) is 3.69. The van der Waals surface area contributed by atoms with E-state index in [1.807, 2.05) is 42.5 Å². The lowest BCUT2D eigenvalue weighted by Gasteiger charge is -2.10. The first-order valence-electron chi connectivity index (χ1n) is 7.15. The van der Waals surface area contributed by atoms with Gasteiger partial charge in [0, 0.05) is 13.1 Å². The third-order valence-corrected chi connectivity index (χ3v) is 3.58. The van der Waals surface area contributed by atoms with Gasteiger partial charge in [-0.15, -0.1) is 0 Å². The quantitative estimate of drug-likeness (QED) is 0.730. The summed E-state index contributed by atoms with van der Waals surface area (Å²) in [6, 6.07) is 13.6. The number of hydrogen-bond acceptors (Lipinski definition) is 3. The predicted molar refractivity (Wildman–Crippen MR) is 90.1 cm³/mol. The molecule has 0 fully saturated rings. The summed E-state index contributed by atoms with van der Waals surface area (Å²) in [4.78, 5) is 0. The molecule has 0 heterocycles. The largest absolute Gasteiger partial charge is 0.488 e. The van der Waals surface area contributed by atoms with E-state index in [1.54, 1.807) is 6.08 Å². The van der Waals surface area contributed by atoms with Crippen molar-refractivity contribution in [2.75, 3.05) is 6.61 Å². The summed E-state index contributed by atoms with van der Waals surface area (Å²) in [7, 11) is 0. The average Bonchev–Trinajstić information content (AvgIpc) is 2.54. The van der Waals surface area contributed by atoms with E-state index < -0.39 is 0 Å². The van der Waals surface area contributed by atoms with Crippen LogP contribution in [-0.2, 0) is 19.7 Å². The normalized spacial score (nSPS) is 10.5. The lowest BCUT2D eigenvalue weighted by molar-refractivity contribution is 0.280. The molecule has 2 aromatic rings. The number of halogens is 1. The van der Waals surface area contributed by atoms with Gasteiger partial charge in [0.05, 0.1) is 11.6 Å². The van der Waals surface area contributed by atoms with E-state index in [4.69, 9.17) is 16.3 Å². The second kappa shape index (κ2) is 8.59. The summed E-state index contributed by atoms with van der Waals surface area (Å²) in [5.41, 5.74) is 3.13. The van der Waals surface area contributed by atoms with Gasteiger partial charge >= 0.3 is 0 Å². The Labute approximate surface area is 136 Å². The minimum Gasteiger partial charge on any atom is -0.488 e. The number of aliphatic hydroxyl groups excluding tert-OH is 1. The van der Waals surface area contributed by atoms with Crippen LogP contribution in [0.4, 0.5) is 0 Å². The fourth-order valence-corrected chi connectivity index (χ4v) is 2.40. The highest BCUT2D eigenvalue weighted by Gasteiger charge is 2.04. The standard InChI is InChI=1S/C18H20ClNO2/c1-2-9-22-18-8-7-14(10-17(18)19)11-20-12-15-5-3-4-6-16(15)13-21/h2-8,10,20-21H,1,9,11-13H2. The van der Waals surface area contributed by atoms with Gasteiger partial charge in [0.25, 0.3) is 0 Å². The van der Waals surface area contributed by atoms with Crippen LogP contribution in [0.2, 0.25) is 5.02 Å². The maximum absolute atomic E-state index is 9.31. The lowest BCUT2D eigenvalue weighted by Crippen LogP contribution is -2.14. The van der Waals surface area contributed by atoms with Crippen LogP contribution in [0.1, 0.15) is 16.7 Å². The second-order valence-electron chi connectivity index (χ2n) is 4.89. The van der Waals surface area contributed by atoms with E-state index in [9.17, 15) is 5.11 Å². The molecule has 2 aromatic carbocycles. The van der Waals surface area contributed by atoms with E-state index in [0.717, 1.165) is 16.7 Å². The van der Waals surface area contributed by atoms with E-state index in [2.05, 4.69) is 11.9 Å². The lowest BCUT2D eigenvalue weighted by atomic mass is 10.1. The van der Waals surface area contributed by atoms with Crippen LogP contribution in [0.25, 0.3) is 0 Å². The molecule has 3 nitrogen and oxygen atoms in total. The van der Waals surface area contributed by atoms with Crippen LogP contribution in [0, 0.1) is 0 Å². The molecule has 116 valence electrons. The summed E-state index contributed by atoms with van der Waals surface area (Å²) in [5.74, 6) is 0.663. The highest BCUT2D eigenvalue weighted by molar-refractivity contribution is 6.32. The topological polar surface area (TPSA) is 41.5 Å². The van der Waals surface area contributed by atoms with Crippen molar-refractivity contribution in [1.82, 2.24) is 5.32 Å². The van der Waals surface area contributed by atoms with Crippen LogP contribution < -0.4 is 10.1 Å². The Hall–Kier alpha value is -1.81. The summed E-state index contributed by atoms with van der Waals surface area (Å²) in [6.07, 6.45) is 1.68. The molecule has 0 bridgehead atoms. The number of benzene rings is 2. The molecule has 0 amide bonds. The molecule has 0 unspecified atom stereocenters. The van der Waals surface area contributed by atoms with Gasteiger partial charge in [0.1, 0.15) is 12.4 Å². The van der Waals surface area contributed by atoms with Crippen molar-refractivity contribution in [2.45, 2.75) is 19.7 Å². The Balaban J connectivity index is 1.91. The highest BCUT2D eigenvalue weighted by atomic mass is 35.5. The average molecular weight is 318 g/mol. The minimum absolute atomic E-state index is 0.0546.